The Morgan fingerprint density at radius 2 is 2.00 bits per heavy atom. The smallest absolute Gasteiger partial charge is 0.0727 e. The molecule has 0 heterocycles. The molecule has 1 N–H and O–H groups in total. The van der Waals surface area contributed by atoms with E-state index in [0.717, 1.165) is 6.61 Å². The maximum Gasteiger partial charge on any atom is 0.0727 e. The summed E-state index contributed by atoms with van der Waals surface area (Å²) < 4.78 is 5.70. The Morgan fingerprint density at radius 3 is 2.67 bits per heavy atom. The molecule has 1 aliphatic rings. The molecule has 72 valence electrons. The summed E-state index contributed by atoms with van der Waals surface area (Å²) >= 11 is 0. The number of nitrogens with one attached hydrogen (secondary N) is 1. The van der Waals surface area contributed by atoms with Gasteiger partial charge in [-0.15, -0.1) is 0 Å². The monoisotopic (exact) mass is 171 g/mol. The van der Waals surface area contributed by atoms with Crippen LogP contribution in [0.2, 0.25) is 0 Å². The van der Waals surface area contributed by atoms with E-state index in [2.05, 4.69) is 12.2 Å². The highest BCUT2D eigenvalue weighted by atomic mass is 16.5. The predicted molar refractivity (Wildman–Crippen MR) is 51.3 cm³/mol. The van der Waals surface area contributed by atoms with E-state index in [-0.39, 0.29) is 0 Å². The molecule has 12 heavy (non-hydrogen) atoms. The average molecular weight is 171 g/mol. The molecular formula is C10H21NO. The van der Waals surface area contributed by atoms with Crippen molar-refractivity contribution < 1.29 is 4.74 Å². The van der Waals surface area contributed by atoms with Crippen molar-refractivity contribution in [1.82, 2.24) is 5.32 Å². The lowest BCUT2D eigenvalue weighted by atomic mass is 10.1. The van der Waals surface area contributed by atoms with E-state index < -0.39 is 0 Å². The Hall–Kier alpha value is -0.0800. The van der Waals surface area contributed by atoms with E-state index >= 15 is 0 Å². The van der Waals surface area contributed by atoms with Gasteiger partial charge in [0.25, 0.3) is 0 Å². The molecule has 1 rings (SSSR count). The first-order chi connectivity index (χ1) is 5.88. The fourth-order valence-electron chi connectivity index (χ4n) is 2.02. The summed E-state index contributed by atoms with van der Waals surface area (Å²) in [6.07, 6.45) is 7.04. The van der Waals surface area contributed by atoms with Crippen molar-refractivity contribution in [2.24, 2.45) is 0 Å². The minimum atomic E-state index is 0.461. The van der Waals surface area contributed by atoms with Crippen LogP contribution in [-0.4, -0.2) is 25.8 Å². The van der Waals surface area contributed by atoms with Crippen LogP contribution in [0.3, 0.4) is 0 Å². The number of hydrogen-bond acceptors (Lipinski definition) is 2. The molecule has 2 atom stereocenters. The lowest BCUT2D eigenvalue weighted by molar-refractivity contribution is 0.0321. The van der Waals surface area contributed by atoms with Crippen LogP contribution in [-0.2, 0) is 4.74 Å². The first-order valence-corrected chi connectivity index (χ1v) is 5.17. The van der Waals surface area contributed by atoms with Gasteiger partial charge in [0, 0.05) is 12.6 Å². The molecule has 0 amide bonds. The van der Waals surface area contributed by atoms with E-state index in [9.17, 15) is 0 Å². The Labute approximate surface area is 75.7 Å². The maximum atomic E-state index is 5.70. The largest absolute Gasteiger partial charge is 0.377 e. The molecule has 1 saturated carbocycles. The molecule has 2 heteroatoms. The molecule has 2 nitrogen and oxygen atoms in total. The lowest BCUT2D eigenvalue weighted by Gasteiger charge is -2.24. The van der Waals surface area contributed by atoms with Gasteiger partial charge in [-0.05, 0) is 26.8 Å². The van der Waals surface area contributed by atoms with E-state index in [1.54, 1.807) is 0 Å². The summed E-state index contributed by atoms with van der Waals surface area (Å²) in [6.45, 7) is 2.93. The van der Waals surface area contributed by atoms with E-state index in [1.807, 2.05) is 7.05 Å². The van der Waals surface area contributed by atoms with Crippen molar-refractivity contribution in [3.8, 4) is 0 Å². The van der Waals surface area contributed by atoms with Gasteiger partial charge in [-0.3, -0.25) is 0 Å². The fraction of sp³-hybridized carbons (Fsp3) is 1.00. The summed E-state index contributed by atoms with van der Waals surface area (Å²) in [5.41, 5.74) is 0. The van der Waals surface area contributed by atoms with E-state index in [1.165, 1.54) is 32.1 Å². The summed E-state index contributed by atoms with van der Waals surface area (Å²) in [5.74, 6) is 0. The number of likely N-dealkylation sites (N-methyl/N-ethyl adjacent to an activating group) is 1. The average Bonchev–Trinajstić information content (AvgIpc) is 2.30. The molecular weight excluding hydrogens is 150 g/mol. The highest BCUT2D eigenvalue weighted by Gasteiger charge is 2.21. The van der Waals surface area contributed by atoms with Crippen molar-refractivity contribution in [2.45, 2.75) is 51.2 Å². The van der Waals surface area contributed by atoms with Crippen molar-refractivity contribution in [3.63, 3.8) is 0 Å². The van der Waals surface area contributed by atoms with Gasteiger partial charge in [0.15, 0.2) is 0 Å². The standard InChI is InChI=1S/C10H21NO/c1-3-12-10-8-6-4-5-7-9(10)11-2/h9-11H,3-8H2,1-2H3/t9-,10+/m0/s1. The molecule has 0 unspecified atom stereocenters. The first kappa shape index (κ1) is 10.0. The third-order valence-electron chi connectivity index (χ3n) is 2.70. The molecule has 0 aromatic rings. The van der Waals surface area contributed by atoms with Crippen molar-refractivity contribution in [3.05, 3.63) is 0 Å². The zero-order chi connectivity index (χ0) is 8.81. The second-order valence-corrected chi connectivity index (χ2v) is 3.53. The highest BCUT2D eigenvalue weighted by molar-refractivity contribution is 4.78. The molecule has 0 bridgehead atoms. The van der Waals surface area contributed by atoms with Crippen LogP contribution in [0.1, 0.15) is 39.0 Å². The van der Waals surface area contributed by atoms with E-state index in [0.29, 0.717) is 12.1 Å². The Kier molecular flexibility index (Phi) is 4.62. The molecule has 0 aromatic heterocycles. The normalized spacial score (nSPS) is 31.5. The van der Waals surface area contributed by atoms with Crippen molar-refractivity contribution in [2.75, 3.05) is 13.7 Å². The second kappa shape index (κ2) is 5.55. The summed E-state index contributed by atoms with van der Waals surface area (Å²) in [7, 11) is 2.04. The molecule has 0 aromatic carbocycles. The topological polar surface area (TPSA) is 21.3 Å². The Bertz CT molecular complexity index is 116. The molecule has 0 spiro atoms. The molecule has 0 radical (unpaired) electrons. The van der Waals surface area contributed by atoms with Gasteiger partial charge in [-0.1, -0.05) is 19.3 Å². The van der Waals surface area contributed by atoms with Crippen LogP contribution in [0.25, 0.3) is 0 Å². The van der Waals surface area contributed by atoms with Crippen molar-refractivity contribution in [1.29, 1.82) is 0 Å². The maximum absolute atomic E-state index is 5.70. The minimum absolute atomic E-state index is 0.461. The van der Waals surface area contributed by atoms with Crippen molar-refractivity contribution >= 4 is 0 Å². The van der Waals surface area contributed by atoms with Gasteiger partial charge in [0.05, 0.1) is 6.10 Å². The number of rotatable bonds is 3. The third-order valence-corrected chi connectivity index (χ3v) is 2.70. The van der Waals surface area contributed by atoms with Gasteiger partial charge in [0.1, 0.15) is 0 Å². The van der Waals surface area contributed by atoms with Gasteiger partial charge < -0.3 is 10.1 Å². The van der Waals surface area contributed by atoms with Crippen LogP contribution in [0.5, 0.6) is 0 Å². The van der Waals surface area contributed by atoms with Crippen LogP contribution < -0.4 is 5.32 Å². The van der Waals surface area contributed by atoms with Crippen LogP contribution >= 0.6 is 0 Å². The zero-order valence-electron chi connectivity index (χ0n) is 8.31. The fourth-order valence-corrected chi connectivity index (χ4v) is 2.02. The van der Waals surface area contributed by atoms with Gasteiger partial charge in [-0.2, -0.15) is 0 Å². The Morgan fingerprint density at radius 1 is 1.25 bits per heavy atom. The summed E-state index contributed by atoms with van der Waals surface area (Å²) in [4.78, 5) is 0. The SMILES string of the molecule is CCO[C@@H]1CCCCC[C@@H]1NC. The Balaban J connectivity index is 2.39. The lowest BCUT2D eigenvalue weighted by Crippen LogP contribution is -2.38. The van der Waals surface area contributed by atoms with Gasteiger partial charge >= 0.3 is 0 Å². The third kappa shape index (κ3) is 2.76. The molecule has 1 fully saturated rings. The van der Waals surface area contributed by atoms with Crippen LogP contribution in [0, 0.1) is 0 Å². The summed E-state index contributed by atoms with van der Waals surface area (Å²) in [5, 5.41) is 3.35. The van der Waals surface area contributed by atoms with Gasteiger partial charge in [0.2, 0.25) is 0 Å². The summed E-state index contributed by atoms with van der Waals surface area (Å²) in [6, 6.07) is 0.590. The van der Waals surface area contributed by atoms with Crippen LogP contribution in [0.15, 0.2) is 0 Å². The second-order valence-electron chi connectivity index (χ2n) is 3.53. The minimum Gasteiger partial charge on any atom is -0.377 e. The van der Waals surface area contributed by atoms with Crippen LogP contribution in [0.4, 0.5) is 0 Å². The van der Waals surface area contributed by atoms with E-state index in [4.69, 9.17) is 4.74 Å². The molecule has 0 aliphatic heterocycles. The quantitative estimate of drug-likeness (QED) is 0.655. The highest BCUT2D eigenvalue weighted by Crippen LogP contribution is 2.20. The predicted octanol–water partition coefficient (Wildman–Crippen LogP) is 1.94. The number of ether oxygens (including phenoxy) is 1. The molecule has 0 saturated heterocycles. The number of hydrogen-bond donors (Lipinski definition) is 1. The molecule has 1 aliphatic carbocycles. The zero-order valence-corrected chi connectivity index (χ0v) is 8.31. The van der Waals surface area contributed by atoms with Gasteiger partial charge in [-0.25, -0.2) is 0 Å². The first-order valence-electron chi connectivity index (χ1n) is 5.17.